The van der Waals surface area contributed by atoms with Crippen LogP contribution in [0.15, 0.2) is 48.6 Å². The highest BCUT2D eigenvalue weighted by atomic mass is 35.5. The Labute approximate surface area is 288 Å². The number of aliphatic hydroxyl groups is 1. The summed E-state index contributed by atoms with van der Waals surface area (Å²) in [7, 11) is -1.53. The number of esters is 1. The molecular weight excluding hydrogens is 662 g/mol. The van der Waals surface area contributed by atoms with Gasteiger partial charge in [0.25, 0.3) is 5.91 Å². The number of amides is 1. The van der Waals surface area contributed by atoms with Crippen molar-refractivity contribution in [2.75, 3.05) is 31.2 Å². The molecule has 7 atom stereocenters. The molecule has 0 saturated heterocycles. The van der Waals surface area contributed by atoms with Crippen LogP contribution in [0.2, 0.25) is 5.02 Å². The number of nitrogens with zero attached hydrogens (tertiary/aromatic N) is 1. The summed E-state index contributed by atoms with van der Waals surface area (Å²) in [4.78, 5) is 25.4. The van der Waals surface area contributed by atoms with Gasteiger partial charge in [-0.1, -0.05) is 36.7 Å². The number of aliphatic hydroxyl groups excluding tert-OH is 1. The van der Waals surface area contributed by atoms with Gasteiger partial charge in [0.15, 0.2) is 0 Å². The van der Waals surface area contributed by atoms with Gasteiger partial charge in [-0.15, -0.1) is 0 Å². The van der Waals surface area contributed by atoms with Crippen LogP contribution in [0.5, 0.6) is 5.75 Å². The first-order valence-corrected chi connectivity index (χ1v) is 18.3. The number of fused-ring (bicyclic) bond motifs is 4. The second-order valence-electron chi connectivity index (χ2n) is 13.4. The van der Waals surface area contributed by atoms with Gasteiger partial charge in [-0.25, -0.2) is 9.00 Å². The number of carbonyl (C=O) groups is 2. The van der Waals surface area contributed by atoms with E-state index in [4.69, 9.17) is 16.3 Å². The van der Waals surface area contributed by atoms with E-state index in [2.05, 4.69) is 26.5 Å². The van der Waals surface area contributed by atoms with E-state index in [-0.39, 0.29) is 35.0 Å². The molecule has 262 valence electrons. The van der Waals surface area contributed by atoms with E-state index >= 15 is 0 Å². The minimum absolute atomic E-state index is 0.00315. The van der Waals surface area contributed by atoms with Crippen molar-refractivity contribution >= 4 is 40.2 Å². The molecule has 1 saturated carbocycles. The molecular formula is C36H45ClF2N2O6S. The van der Waals surface area contributed by atoms with Crippen molar-refractivity contribution in [2.24, 2.45) is 17.8 Å². The number of nitrogens with one attached hydrogen (secondary N) is 1. The molecule has 2 bridgehead atoms. The third-order valence-corrected chi connectivity index (χ3v) is 12.1. The van der Waals surface area contributed by atoms with Crippen molar-refractivity contribution in [3.63, 3.8) is 0 Å². The van der Waals surface area contributed by atoms with E-state index in [1.54, 1.807) is 6.07 Å². The lowest BCUT2D eigenvalue weighted by Crippen LogP contribution is -2.49. The quantitative estimate of drug-likeness (QED) is 0.276. The molecule has 0 radical (unpaired) electrons. The van der Waals surface area contributed by atoms with Crippen molar-refractivity contribution in [1.82, 2.24) is 4.72 Å². The molecule has 12 heteroatoms. The molecule has 2 heterocycles. The van der Waals surface area contributed by atoms with E-state index < -0.39 is 29.5 Å². The van der Waals surface area contributed by atoms with Crippen LogP contribution in [0.3, 0.4) is 0 Å². The Kier molecular flexibility index (Phi) is 11.8. The van der Waals surface area contributed by atoms with E-state index in [0.29, 0.717) is 24.5 Å². The van der Waals surface area contributed by atoms with Crippen molar-refractivity contribution < 1.29 is 37.2 Å². The Bertz CT molecular complexity index is 1540. The van der Waals surface area contributed by atoms with Crippen LogP contribution < -0.4 is 14.4 Å². The third kappa shape index (κ3) is 8.05. The molecule has 1 spiro atoms. The summed E-state index contributed by atoms with van der Waals surface area (Å²) in [5, 5.41) is 11.6. The van der Waals surface area contributed by atoms with Gasteiger partial charge in [0.1, 0.15) is 16.7 Å². The summed E-state index contributed by atoms with van der Waals surface area (Å²) < 4.78 is 48.5. The fourth-order valence-electron chi connectivity index (χ4n) is 7.24. The van der Waals surface area contributed by atoms with Crippen molar-refractivity contribution in [2.45, 2.75) is 82.5 Å². The number of allylic oxidation sites excluding steroid dienone is 1. The number of aryl methyl sites for hydroxylation is 1. The van der Waals surface area contributed by atoms with Crippen LogP contribution in [0, 0.1) is 17.8 Å². The fourth-order valence-corrected chi connectivity index (χ4v) is 8.45. The van der Waals surface area contributed by atoms with Crippen LogP contribution in [-0.4, -0.2) is 65.3 Å². The molecule has 2 N–H and O–H groups in total. The SMILES string of the molecule is CC1C/C=C/C(O)C2CCC2CN2C[C@@]3(CCCc4cc(Cl)ccc43)COc3ccc(cc32)C(=O)NS(=O)C1C.CCOC(=O)C(F)F. The maximum absolute atomic E-state index is 13.3. The number of carbonyl (C=O) groups excluding carboxylic acids is 2. The smallest absolute Gasteiger partial charge is 0.373 e. The standard InChI is InChI=1S/C32H39ClN2O4S.C4H6F2O2/c1-20-5-3-7-29(36)26-11-8-24(26)17-35-18-32(14-4-6-22-15-25(33)10-12-27(22)32)19-39-30-13-9-23(16-28(30)35)31(37)34-40(38)21(20)2;1-2-8-4(7)3(5)6/h3,7,9-10,12-13,15-16,20-21,24,26,29,36H,4-6,8,11,14,17-19H2,1-2H3,(H,34,37);3H,2H2,1H3/b7-3+;/t20?,21?,24?,26?,29?,32-,40?;/m0./s1. The van der Waals surface area contributed by atoms with Gasteiger partial charge >= 0.3 is 12.4 Å². The van der Waals surface area contributed by atoms with Gasteiger partial charge in [-0.3, -0.25) is 9.52 Å². The van der Waals surface area contributed by atoms with Crippen LogP contribution >= 0.6 is 11.6 Å². The van der Waals surface area contributed by atoms with Gasteiger partial charge in [0.05, 0.1) is 30.3 Å². The third-order valence-electron chi connectivity index (χ3n) is 10.3. The number of anilines is 1. The monoisotopic (exact) mass is 706 g/mol. The molecule has 2 aromatic rings. The minimum atomic E-state index is -2.99. The first kappa shape index (κ1) is 36.3. The van der Waals surface area contributed by atoms with Gasteiger partial charge < -0.3 is 19.5 Å². The molecule has 48 heavy (non-hydrogen) atoms. The van der Waals surface area contributed by atoms with Crippen LogP contribution in [0.1, 0.15) is 74.4 Å². The molecule has 8 nitrogen and oxygen atoms in total. The minimum Gasteiger partial charge on any atom is -0.490 e. The first-order chi connectivity index (χ1) is 22.9. The highest BCUT2D eigenvalue weighted by molar-refractivity contribution is 7.84. The summed E-state index contributed by atoms with van der Waals surface area (Å²) >= 11 is 6.39. The number of ether oxygens (including phenoxy) is 2. The Morgan fingerprint density at radius 3 is 2.71 bits per heavy atom. The largest absolute Gasteiger partial charge is 0.490 e. The molecule has 2 aliphatic heterocycles. The molecule has 1 amide bonds. The zero-order chi connectivity index (χ0) is 34.6. The van der Waals surface area contributed by atoms with Gasteiger partial charge in [0, 0.05) is 29.1 Å². The molecule has 0 aromatic heterocycles. The molecule has 2 aromatic carbocycles. The molecule has 4 aliphatic rings. The van der Waals surface area contributed by atoms with Gasteiger partial charge in [0.2, 0.25) is 0 Å². The van der Waals surface area contributed by atoms with E-state index in [1.165, 1.54) is 18.1 Å². The topological polar surface area (TPSA) is 105 Å². The summed E-state index contributed by atoms with van der Waals surface area (Å²) in [5.74, 6) is -0.405. The summed E-state index contributed by atoms with van der Waals surface area (Å²) in [5.41, 5.74) is 3.75. The Hall–Kier alpha value is -3.02. The first-order valence-electron chi connectivity index (χ1n) is 16.7. The molecule has 6 unspecified atom stereocenters. The lowest BCUT2D eigenvalue weighted by molar-refractivity contribution is -0.155. The number of hydrogen-bond donors (Lipinski definition) is 2. The molecule has 1 fully saturated rings. The number of rotatable bonds is 2. The Morgan fingerprint density at radius 2 is 2.02 bits per heavy atom. The number of benzene rings is 2. The predicted octanol–water partition coefficient (Wildman–Crippen LogP) is 6.39. The second kappa shape index (κ2) is 15.7. The second-order valence-corrected chi connectivity index (χ2v) is 15.4. The predicted molar refractivity (Wildman–Crippen MR) is 183 cm³/mol. The fraction of sp³-hybridized carbons (Fsp3) is 0.556. The zero-order valence-electron chi connectivity index (χ0n) is 27.6. The lowest BCUT2D eigenvalue weighted by Gasteiger charge is -2.45. The van der Waals surface area contributed by atoms with Crippen molar-refractivity contribution in [3.8, 4) is 5.75 Å². The van der Waals surface area contributed by atoms with Crippen molar-refractivity contribution in [3.05, 3.63) is 70.3 Å². The molecule has 2 aliphatic carbocycles. The number of hydrogen-bond acceptors (Lipinski definition) is 7. The zero-order valence-corrected chi connectivity index (χ0v) is 29.2. The van der Waals surface area contributed by atoms with Crippen LogP contribution in [0.4, 0.5) is 14.5 Å². The maximum atomic E-state index is 13.3. The van der Waals surface area contributed by atoms with E-state index in [1.807, 2.05) is 44.2 Å². The Balaban J connectivity index is 0.000000503. The Morgan fingerprint density at radius 1 is 1.23 bits per heavy atom. The average Bonchev–Trinajstić information content (AvgIpc) is 3.19. The van der Waals surface area contributed by atoms with Crippen molar-refractivity contribution in [1.29, 1.82) is 0 Å². The normalized spacial score (nSPS) is 30.7. The van der Waals surface area contributed by atoms with E-state index in [0.717, 1.165) is 61.7 Å². The van der Waals surface area contributed by atoms with Crippen LogP contribution in [0.25, 0.3) is 0 Å². The summed E-state index contributed by atoms with van der Waals surface area (Å²) in [6, 6.07) is 11.8. The van der Waals surface area contributed by atoms with E-state index in [9.17, 15) is 27.7 Å². The number of alkyl halides is 2. The number of halogens is 3. The van der Waals surface area contributed by atoms with Crippen LogP contribution in [-0.2, 0) is 32.4 Å². The highest BCUT2D eigenvalue weighted by Gasteiger charge is 2.44. The summed E-state index contributed by atoms with van der Waals surface area (Å²) in [6.07, 6.45) is 6.29. The summed E-state index contributed by atoms with van der Waals surface area (Å²) in [6.45, 7) is 7.50. The molecule has 6 rings (SSSR count). The lowest BCUT2D eigenvalue weighted by atomic mass is 9.68. The maximum Gasteiger partial charge on any atom is 0.373 e. The highest BCUT2D eigenvalue weighted by Crippen LogP contribution is 2.46. The average molecular weight is 707 g/mol. The van der Waals surface area contributed by atoms with Gasteiger partial charge in [-0.05, 0) is 112 Å². The van der Waals surface area contributed by atoms with Gasteiger partial charge in [-0.2, -0.15) is 8.78 Å².